The first-order chi connectivity index (χ1) is 11.9. The highest BCUT2D eigenvalue weighted by atomic mass is 16.3. The van der Waals surface area contributed by atoms with Crippen molar-refractivity contribution < 1.29 is 14.0 Å². The average molecular weight is 343 g/mol. The summed E-state index contributed by atoms with van der Waals surface area (Å²) in [5.74, 6) is 0.0398. The highest BCUT2D eigenvalue weighted by Gasteiger charge is 2.20. The molecule has 0 saturated heterocycles. The van der Waals surface area contributed by atoms with Gasteiger partial charge in [-0.2, -0.15) is 5.10 Å². The number of carbonyl (C=O) groups excluding carboxylic acids is 2. The van der Waals surface area contributed by atoms with E-state index in [-0.39, 0.29) is 18.4 Å². The van der Waals surface area contributed by atoms with Crippen molar-refractivity contribution in [2.75, 3.05) is 19.4 Å². The van der Waals surface area contributed by atoms with Gasteiger partial charge in [-0.05, 0) is 12.1 Å². The quantitative estimate of drug-likeness (QED) is 0.727. The zero-order chi connectivity index (χ0) is 18.0. The molecule has 25 heavy (non-hydrogen) atoms. The zero-order valence-corrected chi connectivity index (χ0v) is 14.0. The number of nitrogens with zero attached hydrogens (tertiary/aromatic N) is 6. The second-order valence-electron chi connectivity index (χ2n) is 5.55. The summed E-state index contributed by atoms with van der Waals surface area (Å²) in [4.78, 5) is 29.6. The largest absolute Gasteiger partial charge is 0.463 e. The minimum atomic E-state index is -0.420. The monoisotopic (exact) mass is 343 g/mol. The van der Waals surface area contributed by atoms with Gasteiger partial charge in [-0.15, -0.1) is 5.10 Å². The van der Waals surface area contributed by atoms with Gasteiger partial charge in [-0.1, -0.05) is 0 Å². The number of rotatable bonds is 5. The lowest BCUT2D eigenvalue weighted by atomic mass is 10.2. The zero-order valence-electron chi connectivity index (χ0n) is 14.0. The van der Waals surface area contributed by atoms with Gasteiger partial charge in [0.2, 0.25) is 11.9 Å². The fraction of sp³-hybridized carbons (Fsp3) is 0.267. The molecular formula is C15H17N7O3. The van der Waals surface area contributed by atoms with Crippen LogP contribution in [0.4, 0.5) is 5.95 Å². The van der Waals surface area contributed by atoms with Crippen molar-refractivity contribution in [1.29, 1.82) is 0 Å². The van der Waals surface area contributed by atoms with E-state index in [0.29, 0.717) is 17.0 Å². The van der Waals surface area contributed by atoms with Gasteiger partial charge < -0.3 is 9.32 Å². The molecule has 0 atom stereocenters. The van der Waals surface area contributed by atoms with Crippen molar-refractivity contribution in [3.63, 3.8) is 0 Å². The van der Waals surface area contributed by atoms with Crippen molar-refractivity contribution in [2.24, 2.45) is 7.05 Å². The molecule has 10 nitrogen and oxygen atoms in total. The van der Waals surface area contributed by atoms with Crippen LogP contribution in [-0.4, -0.2) is 55.4 Å². The van der Waals surface area contributed by atoms with Gasteiger partial charge in [0.15, 0.2) is 5.76 Å². The number of hydrogen-bond acceptors (Lipinski definition) is 6. The molecule has 2 amide bonds. The molecule has 0 spiro atoms. The Hall–Kier alpha value is -3.43. The molecule has 0 radical (unpaired) electrons. The number of anilines is 1. The summed E-state index contributed by atoms with van der Waals surface area (Å²) in [5.41, 5.74) is 0.755. The Kier molecular flexibility index (Phi) is 4.33. The van der Waals surface area contributed by atoms with E-state index in [1.807, 2.05) is 0 Å². The van der Waals surface area contributed by atoms with E-state index in [1.165, 1.54) is 26.9 Å². The average Bonchev–Trinajstić information content (AvgIpc) is 3.27. The van der Waals surface area contributed by atoms with Crippen molar-refractivity contribution in [2.45, 2.75) is 6.54 Å². The summed E-state index contributed by atoms with van der Waals surface area (Å²) < 4.78 is 8.19. The lowest BCUT2D eigenvalue weighted by Gasteiger charge is -2.08. The van der Waals surface area contributed by atoms with Gasteiger partial charge >= 0.3 is 0 Å². The molecule has 3 aromatic rings. The molecule has 3 rings (SSSR count). The number of likely N-dealkylation sites (N-methyl/N-ethyl adjacent to an activating group) is 1. The third-order valence-electron chi connectivity index (χ3n) is 3.39. The lowest BCUT2D eigenvalue weighted by Crippen LogP contribution is -2.26. The van der Waals surface area contributed by atoms with Crippen LogP contribution in [-0.2, 0) is 18.4 Å². The Morgan fingerprint density at radius 2 is 2.12 bits per heavy atom. The molecule has 0 fully saturated rings. The number of nitrogens with one attached hydrogen (secondary N) is 1. The van der Waals surface area contributed by atoms with E-state index in [4.69, 9.17) is 4.42 Å². The fourth-order valence-corrected chi connectivity index (χ4v) is 2.13. The molecular weight excluding hydrogens is 326 g/mol. The molecule has 0 aliphatic carbocycles. The highest BCUT2D eigenvalue weighted by Crippen LogP contribution is 2.22. The molecule has 0 aromatic carbocycles. The Labute approximate surface area is 143 Å². The third kappa shape index (κ3) is 3.57. The summed E-state index contributed by atoms with van der Waals surface area (Å²) in [7, 11) is 5.02. The van der Waals surface area contributed by atoms with Gasteiger partial charge in [0.05, 0.1) is 11.8 Å². The number of aryl methyl sites for hydroxylation is 1. The topological polar surface area (TPSA) is 111 Å². The van der Waals surface area contributed by atoms with Crippen LogP contribution < -0.4 is 5.32 Å². The second-order valence-corrected chi connectivity index (χ2v) is 5.55. The predicted octanol–water partition coefficient (Wildman–Crippen LogP) is 0.612. The summed E-state index contributed by atoms with van der Waals surface area (Å²) in [5, 5.41) is 10.9. The smallest absolute Gasteiger partial charge is 0.262 e. The Morgan fingerprint density at radius 1 is 1.32 bits per heavy atom. The molecule has 130 valence electrons. The van der Waals surface area contributed by atoms with Crippen molar-refractivity contribution in [1.82, 2.24) is 29.4 Å². The van der Waals surface area contributed by atoms with Crippen LogP contribution >= 0.6 is 0 Å². The number of amides is 2. The van der Waals surface area contributed by atoms with Crippen LogP contribution in [0, 0.1) is 0 Å². The van der Waals surface area contributed by atoms with Crippen molar-refractivity contribution in [3.05, 3.63) is 36.5 Å². The summed E-state index contributed by atoms with van der Waals surface area (Å²) in [6.45, 7) is 0.0421. The molecule has 0 aliphatic rings. The van der Waals surface area contributed by atoms with Gasteiger partial charge in [-0.3, -0.25) is 19.6 Å². The molecule has 3 heterocycles. The minimum Gasteiger partial charge on any atom is -0.463 e. The van der Waals surface area contributed by atoms with Gasteiger partial charge in [-0.25, -0.2) is 9.67 Å². The van der Waals surface area contributed by atoms with E-state index in [1.54, 1.807) is 39.5 Å². The van der Waals surface area contributed by atoms with Crippen LogP contribution in [0.25, 0.3) is 11.5 Å². The van der Waals surface area contributed by atoms with E-state index >= 15 is 0 Å². The minimum absolute atomic E-state index is 0.0421. The van der Waals surface area contributed by atoms with Crippen molar-refractivity contribution in [3.8, 4) is 11.5 Å². The lowest BCUT2D eigenvalue weighted by molar-refractivity contribution is -0.129. The molecule has 0 unspecified atom stereocenters. The van der Waals surface area contributed by atoms with E-state index in [9.17, 15) is 9.59 Å². The molecule has 3 aromatic heterocycles. The maximum atomic E-state index is 12.5. The first-order valence-corrected chi connectivity index (χ1v) is 7.42. The number of hydrogen-bond donors (Lipinski definition) is 1. The standard InChI is InChI=1S/C15H17N7O3/c1-20(2)12(23)8-22-9-16-15(19-22)17-14(24)10-7-21(3)18-13(10)11-5-4-6-25-11/h4-7,9H,8H2,1-3H3,(H,17,19,24). The molecule has 1 N–H and O–H groups in total. The summed E-state index contributed by atoms with van der Waals surface area (Å²) in [6.07, 6.45) is 4.48. The molecule has 0 saturated carbocycles. The molecule has 0 bridgehead atoms. The maximum Gasteiger partial charge on any atom is 0.262 e. The van der Waals surface area contributed by atoms with Gasteiger partial charge in [0.25, 0.3) is 5.91 Å². The summed E-state index contributed by atoms with van der Waals surface area (Å²) >= 11 is 0. The molecule has 0 aliphatic heterocycles. The molecule has 10 heteroatoms. The van der Waals surface area contributed by atoms with Crippen LogP contribution in [0.2, 0.25) is 0 Å². The normalized spacial score (nSPS) is 10.7. The third-order valence-corrected chi connectivity index (χ3v) is 3.39. The number of aromatic nitrogens is 5. The Morgan fingerprint density at radius 3 is 2.80 bits per heavy atom. The highest BCUT2D eigenvalue weighted by molar-refractivity contribution is 6.06. The number of carbonyl (C=O) groups is 2. The first kappa shape index (κ1) is 16.4. The number of furan rings is 1. The second kappa shape index (κ2) is 6.59. The van der Waals surface area contributed by atoms with Gasteiger partial charge in [0.1, 0.15) is 18.6 Å². The Bertz CT molecular complexity index is 892. The SMILES string of the molecule is CN(C)C(=O)Cn1cnc(NC(=O)c2cn(C)nc2-c2ccco2)n1. The summed E-state index contributed by atoms with van der Waals surface area (Å²) in [6, 6.07) is 3.44. The Balaban J connectivity index is 1.76. The van der Waals surface area contributed by atoms with Gasteiger partial charge in [0, 0.05) is 27.3 Å². The predicted molar refractivity (Wildman–Crippen MR) is 87.6 cm³/mol. The first-order valence-electron chi connectivity index (χ1n) is 7.42. The van der Waals surface area contributed by atoms with Crippen molar-refractivity contribution >= 4 is 17.8 Å². The van der Waals surface area contributed by atoms with Crippen LogP contribution in [0.15, 0.2) is 35.3 Å². The fourth-order valence-electron chi connectivity index (χ4n) is 2.13. The van der Waals surface area contributed by atoms with E-state index < -0.39 is 5.91 Å². The maximum absolute atomic E-state index is 12.5. The van der Waals surface area contributed by atoms with E-state index in [0.717, 1.165) is 0 Å². The van der Waals surface area contributed by atoms with E-state index in [2.05, 4.69) is 20.5 Å². The van der Waals surface area contributed by atoms with Crippen LogP contribution in [0.5, 0.6) is 0 Å². The van der Waals surface area contributed by atoms with Crippen LogP contribution in [0.3, 0.4) is 0 Å². The van der Waals surface area contributed by atoms with Crippen LogP contribution in [0.1, 0.15) is 10.4 Å².